The van der Waals surface area contributed by atoms with Crippen LogP contribution in [0, 0.1) is 0 Å². The Labute approximate surface area is 187 Å². The highest BCUT2D eigenvalue weighted by molar-refractivity contribution is 8.00. The van der Waals surface area contributed by atoms with E-state index in [1.165, 1.54) is 11.8 Å². The second-order valence-corrected chi connectivity index (χ2v) is 8.85. The quantitative estimate of drug-likeness (QED) is 0.347. The van der Waals surface area contributed by atoms with Crippen molar-refractivity contribution in [3.05, 3.63) is 66.0 Å². The molecule has 1 N–H and O–H groups in total. The van der Waals surface area contributed by atoms with Gasteiger partial charge in [0.25, 0.3) is 0 Å². The summed E-state index contributed by atoms with van der Waals surface area (Å²) in [5, 5.41) is 6.69. The highest BCUT2D eigenvalue weighted by atomic mass is 32.2. The first-order valence-corrected chi connectivity index (χ1v) is 11.7. The van der Waals surface area contributed by atoms with Crippen LogP contribution in [0.25, 0.3) is 21.6 Å². The molecule has 0 radical (unpaired) electrons. The van der Waals surface area contributed by atoms with E-state index in [0.29, 0.717) is 24.7 Å². The number of carbonyl (C=O) groups excluding carboxylic acids is 1. The number of thiophene rings is 1. The van der Waals surface area contributed by atoms with Crippen molar-refractivity contribution in [1.82, 2.24) is 15.3 Å². The number of nitrogens with zero attached hydrogens (tertiary/aromatic N) is 2. The number of benzene rings is 2. The molecule has 0 unspecified atom stereocenters. The molecule has 0 aliphatic carbocycles. The van der Waals surface area contributed by atoms with Crippen LogP contribution in [0.2, 0.25) is 0 Å². The molecule has 6 nitrogen and oxygen atoms in total. The molecule has 0 saturated carbocycles. The number of aromatic nitrogens is 2. The van der Waals surface area contributed by atoms with E-state index in [1.807, 2.05) is 66.0 Å². The Morgan fingerprint density at radius 1 is 1.06 bits per heavy atom. The zero-order valence-electron chi connectivity index (χ0n) is 16.5. The molecule has 0 fully saturated rings. The lowest BCUT2D eigenvalue weighted by Crippen LogP contribution is -2.41. The van der Waals surface area contributed by atoms with Crippen molar-refractivity contribution >= 4 is 39.9 Å². The lowest BCUT2D eigenvalue weighted by atomic mass is 10.2. The molecule has 1 amide bonds. The van der Waals surface area contributed by atoms with Crippen LogP contribution in [0.3, 0.4) is 0 Å². The van der Waals surface area contributed by atoms with E-state index in [-0.39, 0.29) is 17.8 Å². The second-order valence-electron chi connectivity index (χ2n) is 6.94. The average Bonchev–Trinajstić information content (AvgIpc) is 3.36. The van der Waals surface area contributed by atoms with Gasteiger partial charge in [-0.1, -0.05) is 48.2 Å². The Bertz CT molecular complexity index is 1210. The fraction of sp³-hybridized carbons (Fsp3) is 0.174. The van der Waals surface area contributed by atoms with Crippen molar-refractivity contribution in [3.63, 3.8) is 0 Å². The number of hydrogen-bond acceptors (Lipinski definition) is 7. The molecule has 5 rings (SSSR count). The molecule has 8 heteroatoms. The van der Waals surface area contributed by atoms with E-state index < -0.39 is 0 Å². The molecule has 2 aromatic heterocycles. The number of thioether (sulfide) groups is 1. The van der Waals surface area contributed by atoms with E-state index in [0.717, 1.165) is 26.6 Å². The van der Waals surface area contributed by atoms with Crippen LogP contribution < -0.4 is 14.8 Å². The summed E-state index contributed by atoms with van der Waals surface area (Å²) in [5.74, 6) is 2.30. The topological polar surface area (TPSA) is 73.3 Å². The Morgan fingerprint density at radius 2 is 1.90 bits per heavy atom. The first-order valence-electron chi connectivity index (χ1n) is 9.85. The number of carbonyl (C=O) groups is 1. The molecule has 4 aromatic rings. The van der Waals surface area contributed by atoms with Crippen molar-refractivity contribution in [2.45, 2.75) is 11.1 Å². The van der Waals surface area contributed by atoms with Gasteiger partial charge >= 0.3 is 0 Å². The van der Waals surface area contributed by atoms with E-state index in [4.69, 9.17) is 14.5 Å². The Morgan fingerprint density at radius 3 is 2.77 bits per heavy atom. The largest absolute Gasteiger partial charge is 0.486 e. The number of rotatable bonds is 6. The summed E-state index contributed by atoms with van der Waals surface area (Å²) in [6.07, 6.45) is -0.214. The number of nitrogens with one attached hydrogen (secondary N) is 1. The maximum absolute atomic E-state index is 12.5. The number of fused-ring (bicyclic) bond motifs is 2. The Kier molecular flexibility index (Phi) is 5.73. The van der Waals surface area contributed by atoms with Gasteiger partial charge in [0.15, 0.2) is 17.3 Å². The lowest BCUT2D eigenvalue weighted by molar-refractivity contribution is -0.119. The highest BCUT2D eigenvalue weighted by Gasteiger charge is 2.21. The number of para-hydroxylation sites is 3. The van der Waals surface area contributed by atoms with Crippen LogP contribution in [0.1, 0.15) is 0 Å². The van der Waals surface area contributed by atoms with Gasteiger partial charge in [-0.05, 0) is 29.6 Å². The van der Waals surface area contributed by atoms with Crippen molar-refractivity contribution in [2.24, 2.45) is 0 Å². The Balaban J connectivity index is 1.23. The third kappa shape index (κ3) is 4.50. The smallest absolute Gasteiger partial charge is 0.230 e. The van der Waals surface area contributed by atoms with Gasteiger partial charge in [-0.2, -0.15) is 0 Å². The normalized spacial score (nSPS) is 15.0. The van der Waals surface area contributed by atoms with Gasteiger partial charge in [-0.15, -0.1) is 11.3 Å². The van der Waals surface area contributed by atoms with Crippen LogP contribution >= 0.6 is 23.1 Å². The number of amides is 1. The van der Waals surface area contributed by atoms with Crippen molar-refractivity contribution in [1.29, 1.82) is 0 Å². The summed E-state index contributed by atoms with van der Waals surface area (Å²) < 4.78 is 11.6. The van der Waals surface area contributed by atoms with E-state index in [1.54, 1.807) is 11.3 Å². The standard InChI is InChI=1S/C23H19N3O3S2/c27-21(24-12-15-13-28-18-8-3-4-9-19(18)29-15)14-31-23-16-6-1-2-7-17(16)25-22(26-23)20-10-5-11-30-20/h1-11,15H,12-14H2,(H,24,27)/t15-/m0/s1. The number of ether oxygens (including phenoxy) is 2. The Hall–Kier alpha value is -3.10. The molecular formula is C23H19N3O3S2. The predicted octanol–water partition coefficient (Wildman–Crippen LogP) is 4.41. The van der Waals surface area contributed by atoms with Crippen LogP contribution in [-0.4, -0.2) is 40.9 Å². The molecule has 156 valence electrons. The SMILES string of the molecule is O=C(CSc1nc(-c2cccs2)nc2ccccc12)NC[C@H]1COc2ccccc2O1. The third-order valence-electron chi connectivity index (χ3n) is 4.74. The van der Waals surface area contributed by atoms with Gasteiger partial charge in [-0.25, -0.2) is 9.97 Å². The molecule has 0 saturated heterocycles. The van der Waals surface area contributed by atoms with Gasteiger partial charge in [0.1, 0.15) is 17.7 Å². The monoisotopic (exact) mass is 449 g/mol. The summed E-state index contributed by atoms with van der Waals surface area (Å²) in [6.45, 7) is 0.795. The maximum atomic E-state index is 12.5. The first-order chi connectivity index (χ1) is 15.3. The molecule has 0 bridgehead atoms. The van der Waals surface area contributed by atoms with Gasteiger partial charge in [-0.3, -0.25) is 4.79 Å². The highest BCUT2D eigenvalue weighted by Crippen LogP contribution is 2.31. The summed E-state index contributed by atoms with van der Waals surface area (Å²) in [7, 11) is 0. The third-order valence-corrected chi connectivity index (χ3v) is 6.60. The zero-order chi connectivity index (χ0) is 21.0. The fourth-order valence-electron chi connectivity index (χ4n) is 3.25. The first kappa shape index (κ1) is 19.8. The fourth-order valence-corrected chi connectivity index (χ4v) is 4.76. The van der Waals surface area contributed by atoms with E-state index >= 15 is 0 Å². The van der Waals surface area contributed by atoms with Crippen LogP contribution in [-0.2, 0) is 4.79 Å². The van der Waals surface area contributed by atoms with Crippen LogP contribution in [0.5, 0.6) is 11.5 Å². The van der Waals surface area contributed by atoms with E-state index in [2.05, 4.69) is 10.3 Å². The molecule has 1 atom stereocenters. The molecule has 2 aromatic carbocycles. The molecule has 0 spiro atoms. The molecular weight excluding hydrogens is 430 g/mol. The van der Waals surface area contributed by atoms with Crippen LogP contribution in [0.15, 0.2) is 71.1 Å². The van der Waals surface area contributed by atoms with Crippen molar-refractivity contribution in [2.75, 3.05) is 18.9 Å². The van der Waals surface area contributed by atoms with Gasteiger partial charge < -0.3 is 14.8 Å². The maximum Gasteiger partial charge on any atom is 0.230 e. The van der Waals surface area contributed by atoms with Gasteiger partial charge in [0.05, 0.1) is 22.7 Å². The molecule has 31 heavy (non-hydrogen) atoms. The average molecular weight is 450 g/mol. The molecule has 1 aliphatic rings. The summed E-state index contributed by atoms with van der Waals surface area (Å²) >= 11 is 3.01. The summed E-state index contributed by atoms with van der Waals surface area (Å²) in [5.41, 5.74) is 0.871. The van der Waals surface area contributed by atoms with Crippen molar-refractivity contribution in [3.8, 4) is 22.2 Å². The van der Waals surface area contributed by atoms with Gasteiger partial charge in [0, 0.05) is 5.39 Å². The van der Waals surface area contributed by atoms with E-state index in [9.17, 15) is 4.79 Å². The number of hydrogen-bond donors (Lipinski definition) is 1. The second kappa shape index (κ2) is 8.95. The molecule has 1 aliphatic heterocycles. The minimum Gasteiger partial charge on any atom is -0.486 e. The van der Waals surface area contributed by atoms with Crippen molar-refractivity contribution < 1.29 is 14.3 Å². The molecule has 3 heterocycles. The van der Waals surface area contributed by atoms with Crippen LogP contribution in [0.4, 0.5) is 0 Å². The predicted molar refractivity (Wildman–Crippen MR) is 123 cm³/mol. The zero-order valence-corrected chi connectivity index (χ0v) is 18.1. The lowest BCUT2D eigenvalue weighted by Gasteiger charge is -2.26. The minimum atomic E-state index is -0.214. The van der Waals surface area contributed by atoms with Gasteiger partial charge in [0.2, 0.25) is 5.91 Å². The minimum absolute atomic E-state index is 0.0761. The summed E-state index contributed by atoms with van der Waals surface area (Å²) in [4.78, 5) is 22.9. The summed E-state index contributed by atoms with van der Waals surface area (Å²) in [6, 6.07) is 19.4.